The highest BCUT2D eigenvalue weighted by atomic mass is 19.1. The molecular weight excluding hydrogens is 313 g/mol. The van der Waals surface area contributed by atoms with Gasteiger partial charge in [0, 0.05) is 20.2 Å². The van der Waals surface area contributed by atoms with Gasteiger partial charge in [0.25, 0.3) is 0 Å². The number of Topliss-reactive ketones (excluding diaryl/α,β-unsaturated/α-hetero) is 1. The lowest BCUT2D eigenvalue weighted by Gasteiger charge is -2.10. The maximum atomic E-state index is 13.2. The van der Waals surface area contributed by atoms with Crippen LogP contribution in [0.25, 0.3) is 6.08 Å². The van der Waals surface area contributed by atoms with Crippen LogP contribution in [-0.2, 0) is 0 Å². The number of hydrogen-bond acceptors (Lipinski definition) is 4. The number of amides is 1. The van der Waals surface area contributed by atoms with Gasteiger partial charge in [-0.15, -0.1) is 0 Å². The van der Waals surface area contributed by atoms with E-state index in [1.165, 1.54) is 41.3 Å². The molecule has 0 fully saturated rings. The molecule has 1 heterocycles. The van der Waals surface area contributed by atoms with E-state index in [1.54, 1.807) is 26.2 Å². The van der Waals surface area contributed by atoms with E-state index in [1.807, 2.05) is 0 Å². The number of carbonyl (C=O) groups is 2. The van der Waals surface area contributed by atoms with E-state index in [0.717, 1.165) is 0 Å². The Hall–Kier alpha value is -3.15. The Kier molecular flexibility index (Phi) is 4.04. The SMILES string of the molecule is CN(C)C(=O)Oc1ccc2c(c1)O/C(=C\c1cccc(F)c1)C2=O. The van der Waals surface area contributed by atoms with Crippen LogP contribution in [0.1, 0.15) is 15.9 Å². The summed E-state index contributed by atoms with van der Waals surface area (Å²) < 4.78 is 23.9. The molecule has 5 nitrogen and oxygen atoms in total. The van der Waals surface area contributed by atoms with Gasteiger partial charge in [0.2, 0.25) is 5.78 Å². The molecule has 0 N–H and O–H groups in total. The Balaban J connectivity index is 1.86. The number of rotatable bonds is 2. The van der Waals surface area contributed by atoms with Gasteiger partial charge in [-0.05, 0) is 35.9 Å². The van der Waals surface area contributed by atoms with Crippen molar-refractivity contribution in [3.63, 3.8) is 0 Å². The topological polar surface area (TPSA) is 55.8 Å². The predicted octanol–water partition coefficient (Wildman–Crippen LogP) is 3.50. The zero-order valence-corrected chi connectivity index (χ0v) is 13.1. The fraction of sp³-hybridized carbons (Fsp3) is 0.111. The Labute approximate surface area is 137 Å². The number of carbonyl (C=O) groups excluding carboxylic acids is 2. The minimum Gasteiger partial charge on any atom is -0.452 e. The molecule has 2 aromatic rings. The number of allylic oxidation sites excluding steroid dienone is 1. The summed E-state index contributed by atoms with van der Waals surface area (Å²) in [6.45, 7) is 0. The lowest BCUT2D eigenvalue weighted by atomic mass is 10.1. The van der Waals surface area contributed by atoms with E-state index >= 15 is 0 Å². The first-order chi connectivity index (χ1) is 11.4. The summed E-state index contributed by atoms with van der Waals surface area (Å²) in [5, 5.41) is 0. The predicted molar refractivity (Wildman–Crippen MR) is 85.5 cm³/mol. The van der Waals surface area contributed by atoms with Crippen LogP contribution >= 0.6 is 0 Å². The van der Waals surface area contributed by atoms with Gasteiger partial charge < -0.3 is 14.4 Å². The van der Waals surface area contributed by atoms with Gasteiger partial charge in [0.1, 0.15) is 17.3 Å². The van der Waals surface area contributed by atoms with Gasteiger partial charge in [-0.2, -0.15) is 0 Å². The minimum absolute atomic E-state index is 0.0895. The molecular formula is C18H14FNO4. The second-order valence-electron chi connectivity index (χ2n) is 5.42. The quantitative estimate of drug-likeness (QED) is 0.792. The summed E-state index contributed by atoms with van der Waals surface area (Å²) >= 11 is 0. The van der Waals surface area contributed by atoms with E-state index in [4.69, 9.17) is 9.47 Å². The number of halogens is 1. The molecule has 3 rings (SSSR count). The maximum absolute atomic E-state index is 13.2. The lowest BCUT2D eigenvalue weighted by Crippen LogP contribution is -2.25. The van der Waals surface area contributed by atoms with Crippen LogP contribution in [0.4, 0.5) is 9.18 Å². The van der Waals surface area contributed by atoms with Gasteiger partial charge in [0.05, 0.1) is 5.56 Å². The summed E-state index contributed by atoms with van der Waals surface area (Å²) in [6.07, 6.45) is 0.937. The first-order valence-electron chi connectivity index (χ1n) is 7.17. The van der Waals surface area contributed by atoms with Crippen LogP contribution in [0.15, 0.2) is 48.2 Å². The molecule has 0 aliphatic carbocycles. The second kappa shape index (κ2) is 6.16. The van der Waals surface area contributed by atoms with Gasteiger partial charge in [0.15, 0.2) is 5.76 Å². The number of ether oxygens (including phenoxy) is 2. The molecule has 1 aliphatic heterocycles. The number of benzene rings is 2. The Morgan fingerprint density at radius 2 is 2.00 bits per heavy atom. The van der Waals surface area contributed by atoms with Gasteiger partial charge in [-0.25, -0.2) is 9.18 Å². The Bertz CT molecular complexity index is 858. The summed E-state index contributed by atoms with van der Waals surface area (Å²) in [6, 6.07) is 10.4. The second-order valence-corrected chi connectivity index (χ2v) is 5.42. The lowest BCUT2D eigenvalue weighted by molar-refractivity contribution is 0.101. The van der Waals surface area contributed by atoms with Crippen LogP contribution in [-0.4, -0.2) is 30.9 Å². The molecule has 1 aliphatic rings. The van der Waals surface area contributed by atoms with Crippen molar-refractivity contribution in [3.8, 4) is 11.5 Å². The van der Waals surface area contributed by atoms with Crippen molar-refractivity contribution in [2.75, 3.05) is 14.1 Å². The van der Waals surface area contributed by atoms with E-state index < -0.39 is 11.9 Å². The molecule has 24 heavy (non-hydrogen) atoms. The van der Waals surface area contributed by atoms with E-state index in [-0.39, 0.29) is 17.3 Å². The number of nitrogens with zero attached hydrogens (tertiary/aromatic N) is 1. The van der Waals surface area contributed by atoms with Crippen molar-refractivity contribution >= 4 is 18.0 Å². The number of hydrogen-bond donors (Lipinski definition) is 0. The van der Waals surface area contributed by atoms with Crippen LogP contribution in [0.3, 0.4) is 0 Å². The maximum Gasteiger partial charge on any atom is 0.414 e. The van der Waals surface area contributed by atoms with Gasteiger partial charge >= 0.3 is 6.09 Å². The van der Waals surface area contributed by atoms with E-state index in [9.17, 15) is 14.0 Å². The third-order valence-corrected chi connectivity index (χ3v) is 3.36. The molecule has 1 amide bonds. The monoisotopic (exact) mass is 327 g/mol. The fourth-order valence-corrected chi connectivity index (χ4v) is 2.17. The van der Waals surface area contributed by atoms with Crippen molar-refractivity contribution in [2.24, 2.45) is 0 Å². The van der Waals surface area contributed by atoms with Crippen molar-refractivity contribution in [3.05, 3.63) is 65.2 Å². The molecule has 0 spiro atoms. The summed E-state index contributed by atoms with van der Waals surface area (Å²) in [5.41, 5.74) is 0.882. The number of ketones is 1. The third kappa shape index (κ3) is 3.12. The summed E-state index contributed by atoms with van der Waals surface area (Å²) in [4.78, 5) is 25.2. The molecule has 0 radical (unpaired) electrons. The molecule has 0 saturated heterocycles. The highest BCUT2D eigenvalue weighted by Crippen LogP contribution is 2.35. The van der Waals surface area contributed by atoms with Crippen molar-refractivity contribution in [1.82, 2.24) is 4.90 Å². The molecule has 0 atom stereocenters. The highest BCUT2D eigenvalue weighted by molar-refractivity contribution is 6.14. The highest BCUT2D eigenvalue weighted by Gasteiger charge is 2.28. The van der Waals surface area contributed by atoms with Crippen LogP contribution in [0.5, 0.6) is 11.5 Å². The molecule has 6 heteroatoms. The molecule has 0 bridgehead atoms. The van der Waals surface area contributed by atoms with Gasteiger partial charge in [-0.3, -0.25) is 4.79 Å². The Morgan fingerprint density at radius 1 is 1.21 bits per heavy atom. The van der Waals surface area contributed by atoms with Crippen molar-refractivity contribution in [2.45, 2.75) is 0 Å². The largest absolute Gasteiger partial charge is 0.452 e. The molecule has 0 unspecified atom stereocenters. The standard InChI is InChI=1S/C18H14FNO4/c1-20(2)18(22)23-13-6-7-14-15(10-13)24-16(17(14)21)9-11-4-3-5-12(19)8-11/h3-10H,1-2H3/b16-9-. The first-order valence-corrected chi connectivity index (χ1v) is 7.17. The van der Waals surface area contributed by atoms with Crippen LogP contribution < -0.4 is 9.47 Å². The smallest absolute Gasteiger partial charge is 0.414 e. The van der Waals surface area contributed by atoms with E-state index in [2.05, 4.69) is 0 Å². The van der Waals surface area contributed by atoms with Crippen LogP contribution in [0, 0.1) is 5.82 Å². The molecule has 0 saturated carbocycles. The zero-order chi connectivity index (χ0) is 17.3. The minimum atomic E-state index is -0.533. The Morgan fingerprint density at radius 3 is 2.71 bits per heavy atom. The zero-order valence-electron chi connectivity index (χ0n) is 13.1. The molecule has 0 aromatic heterocycles. The fourth-order valence-electron chi connectivity index (χ4n) is 2.17. The summed E-state index contributed by atoms with van der Waals surface area (Å²) in [5.74, 6) is -0.0457. The van der Waals surface area contributed by atoms with Crippen LogP contribution in [0.2, 0.25) is 0 Å². The van der Waals surface area contributed by atoms with E-state index in [0.29, 0.717) is 16.9 Å². The average molecular weight is 327 g/mol. The van der Waals surface area contributed by atoms with Crippen molar-refractivity contribution < 1.29 is 23.5 Å². The molecule has 122 valence electrons. The summed E-state index contributed by atoms with van der Waals surface area (Å²) in [7, 11) is 3.13. The third-order valence-electron chi connectivity index (χ3n) is 3.36. The first kappa shape index (κ1) is 15.7. The molecule has 2 aromatic carbocycles. The van der Waals surface area contributed by atoms with Crippen molar-refractivity contribution in [1.29, 1.82) is 0 Å². The normalized spacial score (nSPS) is 14.3. The van der Waals surface area contributed by atoms with Gasteiger partial charge in [-0.1, -0.05) is 12.1 Å². The number of fused-ring (bicyclic) bond motifs is 1. The average Bonchev–Trinajstić information content (AvgIpc) is 2.83.